The van der Waals surface area contributed by atoms with Crippen LogP contribution in [0.3, 0.4) is 0 Å². The van der Waals surface area contributed by atoms with E-state index in [1.54, 1.807) is 12.2 Å². The first-order valence-corrected chi connectivity index (χ1v) is 5.18. The minimum atomic E-state index is -1.07. The molecule has 0 bridgehead atoms. The maximum atomic E-state index is 11.0. The fourth-order valence-electron chi connectivity index (χ4n) is 1.54. The fourth-order valence-corrected chi connectivity index (χ4v) is 1.54. The Labute approximate surface area is 97.8 Å². The van der Waals surface area contributed by atoms with Crippen LogP contribution in [0.5, 0.6) is 5.75 Å². The van der Waals surface area contributed by atoms with Gasteiger partial charge in [0.1, 0.15) is 17.1 Å². The quantitative estimate of drug-likeness (QED) is 0.812. The number of hydrogen-bond donors (Lipinski definition) is 2. The van der Waals surface area contributed by atoms with E-state index in [1.165, 1.54) is 18.2 Å². The maximum Gasteiger partial charge on any atom is 0.339 e. The molecule has 88 valence electrons. The molecule has 0 spiro atoms. The molecule has 0 fully saturated rings. The Hall–Kier alpha value is -2.07. The van der Waals surface area contributed by atoms with E-state index in [-0.39, 0.29) is 11.5 Å². The molecule has 0 aliphatic heterocycles. The molecule has 0 amide bonds. The zero-order valence-corrected chi connectivity index (χ0v) is 9.04. The Kier molecular flexibility index (Phi) is 2.97. The molecule has 1 aromatic heterocycles. The highest BCUT2D eigenvalue weighted by molar-refractivity contribution is 5.48. The smallest absolute Gasteiger partial charge is 0.339 e. The molecule has 0 radical (unpaired) electrons. The summed E-state index contributed by atoms with van der Waals surface area (Å²) in [5, 5.41) is 19.3. The highest BCUT2D eigenvalue weighted by atomic mass is 16.4. The van der Waals surface area contributed by atoms with Gasteiger partial charge in [0.15, 0.2) is 0 Å². The van der Waals surface area contributed by atoms with Crippen molar-refractivity contribution >= 4 is 6.08 Å². The second-order valence-electron chi connectivity index (χ2n) is 3.85. The summed E-state index contributed by atoms with van der Waals surface area (Å²) in [5.74, 6) is 0.0401. The van der Waals surface area contributed by atoms with Crippen molar-refractivity contribution in [3.8, 4) is 5.75 Å². The summed E-state index contributed by atoms with van der Waals surface area (Å²) in [4.78, 5) is 11.0. The van der Waals surface area contributed by atoms with Crippen LogP contribution in [0.1, 0.15) is 12.2 Å². The van der Waals surface area contributed by atoms with E-state index in [0.717, 1.165) is 6.07 Å². The Morgan fingerprint density at radius 1 is 1.35 bits per heavy atom. The van der Waals surface area contributed by atoms with E-state index in [4.69, 9.17) is 4.42 Å². The molecule has 2 rings (SSSR count). The molecule has 1 aromatic rings. The van der Waals surface area contributed by atoms with Crippen molar-refractivity contribution in [3.63, 3.8) is 0 Å². The molecule has 1 heterocycles. The lowest BCUT2D eigenvalue weighted by Crippen LogP contribution is -2.22. The minimum Gasteiger partial charge on any atom is -0.508 e. The largest absolute Gasteiger partial charge is 0.508 e. The molecule has 17 heavy (non-hydrogen) atoms. The third-order valence-corrected chi connectivity index (χ3v) is 2.39. The third-order valence-electron chi connectivity index (χ3n) is 2.39. The minimum absolute atomic E-state index is 0.160. The van der Waals surface area contributed by atoms with Gasteiger partial charge in [0.2, 0.25) is 0 Å². The number of allylic oxidation sites excluding steroid dienone is 2. The monoisotopic (exact) mass is 232 g/mol. The molecule has 0 saturated heterocycles. The molecular formula is C13H12O4. The molecule has 1 atom stereocenters. The van der Waals surface area contributed by atoms with Gasteiger partial charge in [0.05, 0.1) is 6.07 Å². The highest BCUT2D eigenvalue weighted by Crippen LogP contribution is 2.20. The molecule has 1 unspecified atom stereocenters. The van der Waals surface area contributed by atoms with Crippen LogP contribution in [-0.4, -0.2) is 15.8 Å². The van der Waals surface area contributed by atoms with Gasteiger partial charge in [-0.2, -0.15) is 0 Å². The second kappa shape index (κ2) is 4.43. The summed E-state index contributed by atoms with van der Waals surface area (Å²) >= 11 is 0. The summed E-state index contributed by atoms with van der Waals surface area (Å²) in [6.07, 6.45) is 10.5. The van der Waals surface area contributed by atoms with Crippen LogP contribution in [0.25, 0.3) is 6.08 Å². The second-order valence-corrected chi connectivity index (χ2v) is 3.85. The standard InChI is InChI=1S/C13H12O4/c14-10-8-11(17-12(15)9-10)4-7-13(16)5-2-1-3-6-13/h1-5,7-9,14,16H,6H2/b7-4+. The maximum absolute atomic E-state index is 11.0. The number of hydrogen-bond acceptors (Lipinski definition) is 4. The first-order chi connectivity index (χ1) is 8.07. The lowest BCUT2D eigenvalue weighted by atomic mass is 9.95. The van der Waals surface area contributed by atoms with E-state index >= 15 is 0 Å². The van der Waals surface area contributed by atoms with Crippen LogP contribution < -0.4 is 5.63 Å². The van der Waals surface area contributed by atoms with E-state index in [2.05, 4.69) is 0 Å². The molecule has 4 heteroatoms. The van der Waals surface area contributed by atoms with Gasteiger partial charge < -0.3 is 14.6 Å². The van der Waals surface area contributed by atoms with Crippen LogP contribution in [0, 0.1) is 0 Å². The Morgan fingerprint density at radius 2 is 2.18 bits per heavy atom. The average molecular weight is 232 g/mol. The van der Waals surface area contributed by atoms with Crippen LogP contribution >= 0.6 is 0 Å². The molecule has 1 aliphatic carbocycles. The van der Waals surface area contributed by atoms with E-state index < -0.39 is 11.2 Å². The Morgan fingerprint density at radius 3 is 2.82 bits per heavy atom. The summed E-state index contributed by atoms with van der Waals surface area (Å²) in [5.41, 5.74) is -1.70. The molecule has 0 saturated carbocycles. The van der Waals surface area contributed by atoms with Crippen LogP contribution in [0.4, 0.5) is 0 Å². The van der Waals surface area contributed by atoms with Gasteiger partial charge in [-0.1, -0.05) is 18.2 Å². The van der Waals surface area contributed by atoms with Crippen molar-refractivity contribution in [1.29, 1.82) is 0 Å². The van der Waals surface area contributed by atoms with Crippen molar-refractivity contribution < 1.29 is 14.6 Å². The molecule has 0 aromatic carbocycles. The predicted molar refractivity (Wildman–Crippen MR) is 63.5 cm³/mol. The lowest BCUT2D eigenvalue weighted by Gasteiger charge is -2.20. The Balaban J connectivity index is 2.23. The van der Waals surface area contributed by atoms with Crippen LogP contribution in [0.2, 0.25) is 0 Å². The van der Waals surface area contributed by atoms with Crippen molar-refractivity contribution in [2.24, 2.45) is 0 Å². The zero-order chi connectivity index (χ0) is 12.3. The van der Waals surface area contributed by atoms with Gasteiger partial charge in [0, 0.05) is 12.5 Å². The number of aliphatic hydroxyl groups is 1. The van der Waals surface area contributed by atoms with Gasteiger partial charge in [0.25, 0.3) is 0 Å². The Bertz CT molecular complexity index is 551. The SMILES string of the molecule is O=c1cc(O)cc(/C=C/C2(O)C=CC=CC2)o1. The highest BCUT2D eigenvalue weighted by Gasteiger charge is 2.19. The van der Waals surface area contributed by atoms with E-state index in [1.807, 2.05) is 12.2 Å². The van der Waals surface area contributed by atoms with Gasteiger partial charge in [-0.25, -0.2) is 4.79 Å². The summed E-state index contributed by atoms with van der Waals surface area (Å²) in [6, 6.07) is 2.29. The number of aromatic hydroxyl groups is 1. The average Bonchev–Trinajstić information content (AvgIpc) is 2.26. The van der Waals surface area contributed by atoms with Gasteiger partial charge in [-0.15, -0.1) is 0 Å². The normalized spacial score (nSPS) is 23.4. The van der Waals surface area contributed by atoms with E-state index in [0.29, 0.717) is 6.42 Å². The lowest BCUT2D eigenvalue weighted by molar-refractivity contribution is 0.145. The summed E-state index contributed by atoms with van der Waals surface area (Å²) in [6.45, 7) is 0. The number of rotatable bonds is 2. The van der Waals surface area contributed by atoms with Crippen LogP contribution in [0.15, 0.2) is 51.7 Å². The van der Waals surface area contributed by atoms with Gasteiger partial charge >= 0.3 is 5.63 Å². The first-order valence-electron chi connectivity index (χ1n) is 5.18. The summed E-state index contributed by atoms with van der Waals surface area (Å²) < 4.78 is 4.84. The van der Waals surface area contributed by atoms with Crippen molar-refractivity contribution in [2.75, 3.05) is 0 Å². The van der Waals surface area contributed by atoms with E-state index in [9.17, 15) is 15.0 Å². The predicted octanol–water partition coefficient (Wildman–Crippen LogP) is 1.61. The van der Waals surface area contributed by atoms with Crippen molar-refractivity contribution in [2.45, 2.75) is 12.0 Å². The van der Waals surface area contributed by atoms with Crippen molar-refractivity contribution in [1.82, 2.24) is 0 Å². The zero-order valence-electron chi connectivity index (χ0n) is 9.04. The van der Waals surface area contributed by atoms with Crippen molar-refractivity contribution in [3.05, 3.63) is 58.7 Å². The van der Waals surface area contributed by atoms with Gasteiger partial charge in [-0.05, 0) is 18.2 Å². The third kappa shape index (κ3) is 2.95. The molecule has 4 nitrogen and oxygen atoms in total. The topological polar surface area (TPSA) is 70.7 Å². The molecular weight excluding hydrogens is 220 g/mol. The first kappa shape index (κ1) is 11.4. The van der Waals surface area contributed by atoms with Crippen LogP contribution in [-0.2, 0) is 0 Å². The molecule has 2 N–H and O–H groups in total. The molecule has 1 aliphatic rings. The van der Waals surface area contributed by atoms with Gasteiger partial charge in [-0.3, -0.25) is 0 Å². The summed E-state index contributed by atoms with van der Waals surface area (Å²) in [7, 11) is 0. The fraction of sp³-hybridized carbons (Fsp3) is 0.154.